The second kappa shape index (κ2) is 12.5. The van der Waals surface area contributed by atoms with Gasteiger partial charge in [-0.05, 0) is 97.0 Å². The fourth-order valence-electron chi connectivity index (χ4n) is 6.04. The summed E-state index contributed by atoms with van der Waals surface area (Å²) in [5.41, 5.74) is 6.26. The Hall–Kier alpha value is -3.50. The van der Waals surface area contributed by atoms with E-state index in [9.17, 15) is 4.79 Å². The third kappa shape index (κ3) is 5.58. The Morgan fingerprint density at radius 1 is 1.05 bits per heavy atom. The van der Waals surface area contributed by atoms with Gasteiger partial charge in [0, 0.05) is 21.2 Å². The standard InChI is InChI=1S/C34H30ClN5OS3/c1-21-14-15-22(2)28(18-21)39-33(25-10-3-4-12-27(25)35)36-37-34(39)44-20-30(41)40-32(29-13-7-17-43-29)26-11-5-8-23(31(26)38-40)19-24-9-6-16-42-24/h3-4,6-7,9-10,12-19,26,32H,5,8,11,20H2,1-2H3/b23-19-/t26-,32-/m0/s1. The fraction of sp³-hybridized carbons (Fsp3) is 0.235. The van der Waals surface area contributed by atoms with E-state index in [4.69, 9.17) is 16.7 Å². The molecule has 0 bridgehead atoms. The maximum absolute atomic E-state index is 14.1. The van der Waals surface area contributed by atoms with Crippen molar-refractivity contribution in [2.75, 3.05) is 5.75 Å². The van der Waals surface area contributed by atoms with Crippen molar-refractivity contribution in [1.82, 2.24) is 19.8 Å². The first-order valence-electron chi connectivity index (χ1n) is 14.6. The van der Waals surface area contributed by atoms with Gasteiger partial charge >= 0.3 is 0 Å². The van der Waals surface area contributed by atoms with Crippen molar-refractivity contribution in [2.45, 2.75) is 44.3 Å². The van der Waals surface area contributed by atoms with Gasteiger partial charge < -0.3 is 0 Å². The topological polar surface area (TPSA) is 63.4 Å². The van der Waals surface area contributed by atoms with Crippen LogP contribution in [0.2, 0.25) is 5.02 Å². The van der Waals surface area contributed by atoms with E-state index in [2.05, 4.69) is 83.3 Å². The third-order valence-corrected chi connectivity index (χ3v) is 11.1. The number of hydrogen-bond acceptors (Lipinski definition) is 7. The third-order valence-electron chi connectivity index (χ3n) is 8.13. The molecule has 7 rings (SSSR count). The molecule has 1 saturated carbocycles. The smallest absolute Gasteiger partial charge is 0.253 e. The van der Waals surface area contributed by atoms with Crippen LogP contribution in [0.15, 0.2) is 93.3 Å². The first-order valence-corrected chi connectivity index (χ1v) is 17.7. The van der Waals surface area contributed by atoms with Crippen LogP contribution in [0.25, 0.3) is 23.2 Å². The van der Waals surface area contributed by atoms with Crippen LogP contribution in [-0.4, -0.2) is 37.1 Å². The Kier molecular flexibility index (Phi) is 8.29. The number of thiophene rings is 2. The summed E-state index contributed by atoms with van der Waals surface area (Å²) in [6.45, 7) is 4.14. The highest BCUT2D eigenvalue weighted by Gasteiger charge is 2.44. The van der Waals surface area contributed by atoms with Crippen LogP contribution in [0.1, 0.15) is 46.2 Å². The quantitative estimate of drug-likeness (QED) is 0.164. The summed E-state index contributed by atoms with van der Waals surface area (Å²) in [7, 11) is 0. The number of allylic oxidation sites excluding steroid dienone is 1. The monoisotopic (exact) mass is 655 g/mol. The second-order valence-corrected chi connectivity index (χ2v) is 14.4. The number of thioether (sulfide) groups is 1. The molecule has 2 aromatic carbocycles. The number of carbonyl (C=O) groups is 1. The minimum absolute atomic E-state index is 0.0411. The molecule has 1 fully saturated rings. The lowest BCUT2D eigenvalue weighted by molar-refractivity contribution is -0.130. The summed E-state index contributed by atoms with van der Waals surface area (Å²) in [5, 5.41) is 21.4. The van der Waals surface area contributed by atoms with Gasteiger partial charge in [0.15, 0.2) is 11.0 Å². The minimum Gasteiger partial charge on any atom is -0.272 e. The zero-order valence-corrected chi connectivity index (χ0v) is 27.5. The van der Waals surface area contributed by atoms with Gasteiger partial charge in [-0.25, -0.2) is 5.01 Å². The zero-order valence-electron chi connectivity index (χ0n) is 24.3. The predicted octanol–water partition coefficient (Wildman–Crippen LogP) is 9.24. The number of hydrogen-bond donors (Lipinski definition) is 0. The lowest BCUT2D eigenvalue weighted by Crippen LogP contribution is -2.32. The molecule has 0 unspecified atom stereocenters. The summed E-state index contributed by atoms with van der Waals surface area (Å²) >= 11 is 11.4. The van der Waals surface area contributed by atoms with Gasteiger partial charge in [0.25, 0.3) is 5.91 Å². The molecule has 44 heavy (non-hydrogen) atoms. The maximum Gasteiger partial charge on any atom is 0.253 e. The number of carbonyl (C=O) groups excluding carboxylic acids is 1. The molecule has 10 heteroatoms. The van der Waals surface area contributed by atoms with Crippen molar-refractivity contribution in [3.8, 4) is 17.1 Å². The highest BCUT2D eigenvalue weighted by atomic mass is 35.5. The number of aryl methyl sites for hydroxylation is 2. The molecule has 4 heterocycles. The van der Waals surface area contributed by atoms with E-state index in [0.717, 1.165) is 47.4 Å². The number of hydrazone groups is 1. The Bertz CT molecular complexity index is 1880. The first-order chi connectivity index (χ1) is 21.5. The second-order valence-electron chi connectivity index (χ2n) is 11.1. The van der Waals surface area contributed by atoms with Crippen LogP contribution >= 0.6 is 46.0 Å². The molecular formula is C34H30ClN5OS3. The zero-order chi connectivity index (χ0) is 30.2. The van der Waals surface area contributed by atoms with E-state index in [-0.39, 0.29) is 23.6 Å². The van der Waals surface area contributed by atoms with Gasteiger partial charge in [0.1, 0.15) is 0 Å². The van der Waals surface area contributed by atoms with Crippen molar-refractivity contribution in [2.24, 2.45) is 11.0 Å². The van der Waals surface area contributed by atoms with E-state index >= 15 is 0 Å². The Morgan fingerprint density at radius 3 is 2.68 bits per heavy atom. The Morgan fingerprint density at radius 2 is 1.89 bits per heavy atom. The van der Waals surface area contributed by atoms with Crippen molar-refractivity contribution in [3.05, 3.63) is 109 Å². The number of amides is 1. The van der Waals surface area contributed by atoms with E-state index in [1.165, 1.54) is 27.1 Å². The van der Waals surface area contributed by atoms with Crippen LogP contribution in [0, 0.1) is 19.8 Å². The highest BCUT2D eigenvalue weighted by Crippen LogP contribution is 2.46. The predicted molar refractivity (Wildman–Crippen MR) is 183 cm³/mol. The van der Waals surface area contributed by atoms with Gasteiger partial charge in [0.2, 0.25) is 0 Å². The number of benzene rings is 2. The Balaban J connectivity index is 1.23. The first kappa shape index (κ1) is 29.2. The van der Waals surface area contributed by atoms with Crippen LogP contribution in [0.4, 0.5) is 0 Å². The van der Waals surface area contributed by atoms with Gasteiger partial charge in [-0.2, -0.15) is 5.10 Å². The van der Waals surface area contributed by atoms with E-state index in [0.29, 0.717) is 16.0 Å². The van der Waals surface area contributed by atoms with E-state index in [1.54, 1.807) is 27.7 Å². The molecule has 0 radical (unpaired) electrons. The van der Waals surface area contributed by atoms with Gasteiger partial charge in [0.05, 0.1) is 28.2 Å². The lowest BCUT2D eigenvalue weighted by Gasteiger charge is -2.28. The fourth-order valence-corrected chi connectivity index (χ4v) is 8.61. The van der Waals surface area contributed by atoms with Crippen molar-refractivity contribution in [1.29, 1.82) is 0 Å². The molecule has 1 amide bonds. The average Bonchev–Trinajstić information content (AvgIpc) is 3.84. The molecule has 0 N–H and O–H groups in total. The SMILES string of the molecule is Cc1ccc(C)c(-n2c(SCC(=O)N3N=C4/C(=C\c5cccs5)CCC[C@@H]4[C@H]3c3cccs3)nnc2-c2ccccc2Cl)c1. The molecule has 5 aromatic rings. The van der Waals surface area contributed by atoms with Crippen LogP contribution in [0.5, 0.6) is 0 Å². The van der Waals surface area contributed by atoms with Gasteiger partial charge in [-0.15, -0.1) is 32.9 Å². The molecule has 2 aliphatic rings. The lowest BCUT2D eigenvalue weighted by atomic mass is 9.79. The summed E-state index contributed by atoms with van der Waals surface area (Å²) in [6.07, 6.45) is 5.34. The number of aromatic nitrogens is 3. The summed E-state index contributed by atoms with van der Waals surface area (Å²) < 4.78 is 2.02. The molecule has 3 aromatic heterocycles. The van der Waals surface area contributed by atoms with Gasteiger partial charge in [-0.3, -0.25) is 9.36 Å². The van der Waals surface area contributed by atoms with Crippen molar-refractivity contribution < 1.29 is 4.79 Å². The molecule has 2 atom stereocenters. The Labute approximate surface area is 274 Å². The summed E-state index contributed by atoms with van der Waals surface area (Å²) in [6, 6.07) is 22.3. The molecule has 1 aliphatic carbocycles. The number of halogens is 1. The molecule has 0 saturated heterocycles. The number of nitrogens with zero attached hydrogens (tertiary/aromatic N) is 5. The van der Waals surface area contributed by atoms with Crippen molar-refractivity contribution >= 4 is 63.7 Å². The average molecular weight is 656 g/mol. The summed E-state index contributed by atoms with van der Waals surface area (Å²) in [4.78, 5) is 16.5. The van der Waals surface area contributed by atoms with E-state index < -0.39 is 0 Å². The largest absolute Gasteiger partial charge is 0.272 e. The normalized spacial score (nSPS) is 18.9. The van der Waals surface area contributed by atoms with Crippen LogP contribution in [-0.2, 0) is 4.79 Å². The van der Waals surface area contributed by atoms with Crippen LogP contribution < -0.4 is 0 Å². The molecule has 1 aliphatic heterocycles. The maximum atomic E-state index is 14.1. The van der Waals surface area contributed by atoms with E-state index in [1.807, 2.05) is 28.8 Å². The molecular weight excluding hydrogens is 626 g/mol. The van der Waals surface area contributed by atoms with Crippen molar-refractivity contribution in [3.63, 3.8) is 0 Å². The number of fused-ring (bicyclic) bond motifs is 1. The highest BCUT2D eigenvalue weighted by molar-refractivity contribution is 7.99. The molecule has 6 nitrogen and oxygen atoms in total. The minimum atomic E-state index is -0.0966. The summed E-state index contributed by atoms with van der Waals surface area (Å²) in [5.74, 6) is 0.973. The molecule has 0 spiro atoms. The van der Waals surface area contributed by atoms with Crippen LogP contribution in [0.3, 0.4) is 0 Å². The molecule has 222 valence electrons. The number of rotatable bonds is 7. The van der Waals surface area contributed by atoms with Gasteiger partial charge in [-0.1, -0.05) is 59.8 Å².